The van der Waals surface area contributed by atoms with Crippen molar-refractivity contribution in [2.24, 2.45) is 0 Å². The first-order valence-corrected chi connectivity index (χ1v) is 6.08. The van der Waals surface area contributed by atoms with Gasteiger partial charge >= 0.3 is 0 Å². The number of carbonyl (C=O) groups is 1. The molecule has 0 aliphatic carbocycles. The van der Waals surface area contributed by atoms with Crippen molar-refractivity contribution in [3.63, 3.8) is 0 Å². The summed E-state index contributed by atoms with van der Waals surface area (Å²) < 4.78 is 13.0. The molecule has 0 spiro atoms. The van der Waals surface area contributed by atoms with Crippen LogP contribution in [0.2, 0.25) is 0 Å². The van der Waals surface area contributed by atoms with Gasteiger partial charge in [0.05, 0.1) is 22.2 Å². The van der Waals surface area contributed by atoms with Gasteiger partial charge in [-0.2, -0.15) is 0 Å². The van der Waals surface area contributed by atoms with E-state index in [2.05, 4.69) is 10.3 Å². The maximum Gasteiger partial charge on any atom is 0.295 e. The number of nitro groups is 1. The minimum absolute atomic E-state index is 0.0635. The first-order chi connectivity index (χ1) is 9.88. The summed E-state index contributed by atoms with van der Waals surface area (Å²) in [5.74, 6) is -1.28. The Morgan fingerprint density at radius 3 is 2.62 bits per heavy atom. The lowest BCUT2D eigenvalue weighted by Crippen LogP contribution is -2.15. The predicted molar refractivity (Wildman–Crippen MR) is 74.7 cm³/mol. The van der Waals surface area contributed by atoms with Gasteiger partial charge in [0, 0.05) is 5.69 Å². The quantitative estimate of drug-likeness (QED) is 0.695. The van der Waals surface area contributed by atoms with E-state index in [0.29, 0.717) is 11.3 Å². The zero-order valence-corrected chi connectivity index (χ0v) is 11.4. The number of nitrogens with one attached hydrogen (secondary N) is 1. The number of hydrogen-bond acceptors (Lipinski definition) is 4. The van der Waals surface area contributed by atoms with Crippen LogP contribution in [0.4, 0.5) is 15.8 Å². The van der Waals surface area contributed by atoms with Gasteiger partial charge in [-0.25, -0.2) is 4.39 Å². The van der Waals surface area contributed by atoms with E-state index in [4.69, 9.17) is 0 Å². The van der Waals surface area contributed by atoms with E-state index in [-0.39, 0.29) is 5.69 Å². The summed E-state index contributed by atoms with van der Waals surface area (Å²) in [6.07, 6.45) is 0. The number of anilines is 1. The van der Waals surface area contributed by atoms with Crippen LogP contribution in [0.25, 0.3) is 0 Å². The third-order valence-electron chi connectivity index (χ3n) is 2.87. The Hall–Kier alpha value is -2.83. The number of aromatic nitrogens is 1. The van der Waals surface area contributed by atoms with Crippen LogP contribution >= 0.6 is 0 Å². The molecule has 0 aliphatic rings. The molecule has 0 atom stereocenters. The summed E-state index contributed by atoms with van der Waals surface area (Å²) in [5.41, 5.74) is 1.01. The first-order valence-electron chi connectivity index (χ1n) is 6.08. The molecule has 0 saturated carbocycles. The minimum atomic E-state index is -0.751. The number of pyridine rings is 1. The van der Waals surface area contributed by atoms with E-state index in [9.17, 15) is 19.3 Å². The maximum absolute atomic E-state index is 13.0. The van der Waals surface area contributed by atoms with Crippen LogP contribution in [0.5, 0.6) is 0 Å². The third kappa shape index (κ3) is 3.19. The second kappa shape index (κ2) is 5.66. The molecule has 0 bridgehead atoms. The molecule has 0 saturated heterocycles. The molecular formula is C14H12FN3O3. The number of hydrogen-bond donors (Lipinski definition) is 1. The number of halogens is 1. The Labute approximate surface area is 119 Å². The standard InChI is InChI=1S/C14H12FN3O3/c1-8-3-5-11(9(2)16-8)14(19)17-12-6-4-10(15)7-13(12)18(20)21/h3-7H,1-2H3,(H,17,19). The maximum atomic E-state index is 13.0. The largest absolute Gasteiger partial charge is 0.316 e. The molecule has 108 valence electrons. The number of amides is 1. The number of nitro benzene ring substituents is 1. The summed E-state index contributed by atoms with van der Waals surface area (Å²) in [7, 11) is 0. The number of carbonyl (C=O) groups excluding carboxylic acids is 1. The van der Waals surface area contributed by atoms with E-state index in [1.807, 2.05) is 0 Å². The second-order valence-electron chi connectivity index (χ2n) is 4.46. The Bertz CT molecular complexity index is 731. The van der Waals surface area contributed by atoms with Crippen molar-refractivity contribution >= 4 is 17.3 Å². The van der Waals surface area contributed by atoms with Crippen molar-refractivity contribution in [3.05, 3.63) is 63.2 Å². The zero-order chi connectivity index (χ0) is 15.6. The predicted octanol–water partition coefficient (Wildman–Crippen LogP) is 3.00. The van der Waals surface area contributed by atoms with Crippen LogP contribution in [-0.2, 0) is 0 Å². The molecule has 2 rings (SSSR count). The number of aryl methyl sites for hydroxylation is 2. The lowest BCUT2D eigenvalue weighted by atomic mass is 10.1. The molecule has 1 aromatic heterocycles. The molecule has 0 radical (unpaired) electrons. The molecule has 1 amide bonds. The fraction of sp³-hybridized carbons (Fsp3) is 0.143. The fourth-order valence-corrected chi connectivity index (χ4v) is 1.88. The van der Waals surface area contributed by atoms with Crippen LogP contribution in [0.1, 0.15) is 21.7 Å². The van der Waals surface area contributed by atoms with Crippen molar-refractivity contribution in [3.8, 4) is 0 Å². The van der Waals surface area contributed by atoms with Gasteiger partial charge in [0.1, 0.15) is 11.5 Å². The Balaban J connectivity index is 2.34. The van der Waals surface area contributed by atoms with Gasteiger partial charge in [-0.15, -0.1) is 0 Å². The Kier molecular flexibility index (Phi) is 3.93. The molecule has 1 aromatic carbocycles. The van der Waals surface area contributed by atoms with E-state index in [0.717, 1.165) is 23.9 Å². The van der Waals surface area contributed by atoms with E-state index < -0.39 is 22.3 Å². The van der Waals surface area contributed by atoms with Crippen molar-refractivity contribution in [2.75, 3.05) is 5.32 Å². The van der Waals surface area contributed by atoms with Crippen LogP contribution < -0.4 is 5.32 Å². The van der Waals surface area contributed by atoms with Gasteiger partial charge in [-0.05, 0) is 38.1 Å². The normalized spacial score (nSPS) is 10.2. The molecule has 21 heavy (non-hydrogen) atoms. The smallest absolute Gasteiger partial charge is 0.295 e. The molecule has 6 nitrogen and oxygen atoms in total. The number of nitrogens with zero attached hydrogens (tertiary/aromatic N) is 2. The summed E-state index contributed by atoms with van der Waals surface area (Å²) in [6.45, 7) is 3.46. The summed E-state index contributed by atoms with van der Waals surface area (Å²) in [5, 5.41) is 13.3. The highest BCUT2D eigenvalue weighted by Crippen LogP contribution is 2.25. The average molecular weight is 289 g/mol. The highest BCUT2D eigenvalue weighted by atomic mass is 19.1. The van der Waals surface area contributed by atoms with Crippen LogP contribution in [0.15, 0.2) is 30.3 Å². The molecule has 2 aromatic rings. The van der Waals surface area contributed by atoms with Crippen molar-refractivity contribution < 1.29 is 14.1 Å². The minimum Gasteiger partial charge on any atom is -0.316 e. The number of rotatable bonds is 3. The first kappa shape index (κ1) is 14.6. The van der Waals surface area contributed by atoms with E-state index >= 15 is 0 Å². The number of benzene rings is 1. The van der Waals surface area contributed by atoms with Gasteiger partial charge in [-0.3, -0.25) is 19.9 Å². The fourth-order valence-electron chi connectivity index (χ4n) is 1.88. The lowest BCUT2D eigenvalue weighted by molar-refractivity contribution is -0.384. The summed E-state index contributed by atoms with van der Waals surface area (Å²) in [6, 6.07) is 6.21. The third-order valence-corrected chi connectivity index (χ3v) is 2.87. The molecule has 0 aliphatic heterocycles. The molecule has 0 unspecified atom stereocenters. The Morgan fingerprint density at radius 2 is 2.00 bits per heavy atom. The van der Waals surface area contributed by atoms with Crippen molar-refractivity contribution in [1.82, 2.24) is 4.98 Å². The highest BCUT2D eigenvalue weighted by molar-refractivity contribution is 6.06. The van der Waals surface area contributed by atoms with Gasteiger partial charge in [-0.1, -0.05) is 0 Å². The summed E-state index contributed by atoms with van der Waals surface area (Å²) >= 11 is 0. The second-order valence-corrected chi connectivity index (χ2v) is 4.46. The van der Waals surface area contributed by atoms with E-state index in [1.165, 1.54) is 0 Å². The van der Waals surface area contributed by atoms with Gasteiger partial charge < -0.3 is 5.32 Å². The van der Waals surface area contributed by atoms with Crippen molar-refractivity contribution in [2.45, 2.75) is 13.8 Å². The molecule has 0 fully saturated rings. The summed E-state index contributed by atoms with van der Waals surface area (Å²) in [4.78, 5) is 26.4. The van der Waals surface area contributed by atoms with Gasteiger partial charge in [0.2, 0.25) is 0 Å². The van der Waals surface area contributed by atoms with E-state index in [1.54, 1.807) is 26.0 Å². The molecule has 1 N–H and O–H groups in total. The zero-order valence-electron chi connectivity index (χ0n) is 11.4. The average Bonchev–Trinajstić information content (AvgIpc) is 2.40. The molecule has 7 heteroatoms. The van der Waals surface area contributed by atoms with Gasteiger partial charge in [0.25, 0.3) is 11.6 Å². The lowest BCUT2D eigenvalue weighted by Gasteiger charge is -2.08. The molecular weight excluding hydrogens is 277 g/mol. The topological polar surface area (TPSA) is 85.1 Å². The highest BCUT2D eigenvalue weighted by Gasteiger charge is 2.18. The SMILES string of the molecule is Cc1ccc(C(=O)Nc2ccc(F)cc2[N+](=O)[O-])c(C)n1. The van der Waals surface area contributed by atoms with Gasteiger partial charge in [0.15, 0.2) is 0 Å². The van der Waals surface area contributed by atoms with Crippen LogP contribution in [-0.4, -0.2) is 15.8 Å². The van der Waals surface area contributed by atoms with Crippen LogP contribution in [0.3, 0.4) is 0 Å². The Morgan fingerprint density at radius 1 is 1.29 bits per heavy atom. The van der Waals surface area contributed by atoms with Crippen molar-refractivity contribution in [1.29, 1.82) is 0 Å². The molecule has 1 heterocycles. The van der Waals surface area contributed by atoms with Crippen LogP contribution in [0, 0.1) is 29.8 Å². The monoisotopic (exact) mass is 289 g/mol.